The number of aliphatic hydroxyl groups excluding tert-OH is 1. The minimum Gasteiger partial charge on any atom is -0.507 e. The van der Waals surface area contributed by atoms with Crippen LogP contribution in [0.2, 0.25) is 5.02 Å². The van der Waals surface area contributed by atoms with E-state index in [4.69, 9.17) is 17.3 Å². The number of primary amides is 1. The molecule has 27 heavy (non-hydrogen) atoms. The highest BCUT2D eigenvalue weighted by Crippen LogP contribution is 2.39. The van der Waals surface area contributed by atoms with Gasteiger partial charge in [-0.2, -0.15) is 0 Å². The Labute approximate surface area is 160 Å². The van der Waals surface area contributed by atoms with Crippen LogP contribution in [0.5, 0.6) is 0 Å². The fourth-order valence-corrected chi connectivity index (χ4v) is 3.20. The fourth-order valence-electron chi connectivity index (χ4n) is 3.07. The van der Waals surface area contributed by atoms with Gasteiger partial charge >= 0.3 is 0 Å². The lowest BCUT2D eigenvalue weighted by Crippen LogP contribution is -2.37. The molecule has 1 fully saturated rings. The molecule has 7 heteroatoms. The number of hydrogen-bond acceptors (Lipinski definition) is 4. The van der Waals surface area contributed by atoms with E-state index in [1.165, 1.54) is 0 Å². The number of carbonyl (C=O) groups excluding carboxylic acids is 3. The summed E-state index contributed by atoms with van der Waals surface area (Å²) in [6, 6.07) is 12.5. The Morgan fingerprint density at radius 2 is 1.70 bits per heavy atom. The Kier molecular flexibility index (Phi) is 5.01. The number of aliphatic hydroxyl groups is 1. The molecule has 6 nitrogen and oxygen atoms in total. The number of carbonyl (C=O) groups is 3. The molecule has 0 spiro atoms. The molecule has 2 aromatic rings. The molecule has 2 aromatic carbocycles. The van der Waals surface area contributed by atoms with Gasteiger partial charge in [0.15, 0.2) is 0 Å². The van der Waals surface area contributed by atoms with Crippen LogP contribution in [0.15, 0.2) is 54.1 Å². The molecule has 1 heterocycles. The van der Waals surface area contributed by atoms with Crippen molar-refractivity contribution in [3.8, 4) is 0 Å². The highest BCUT2D eigenvalue weighted by molar-refractivity contribution is 6.47. The van der Waals surface area contributed by atoms with Crippen LogP contribution in [0, 0.1) is 6.92 Å². The zero-order valence-corrected chi connectivity index (χ0v) is 15.2. The van der Waals surface area contributed by atoms with E-state index in [0.29, 0.717) is 16.1 Å². The second-order valence-corrected chi connectivity index (χ2v) is 6.75. The van der Waals surface area contributed by atoms with Gasteiger partial charge in [-0.05, 0) is 36.8 Å². The number of benzene rings is 2. The molecule has 1 atom stereocenters. The van der Waals surface area contributed by atoms with Crippen molar-refractivity contribution in [3.63, 3.8) is 0 Å². The lowest BCUT2D eigenvalue weighted by Gasteiger charge is -2.24. The molecule has 1 saturated heterocycles. The van der Waals surface area contributed by atoms with Crippen LogP contribution in [0.3, 0.4) is 0 Å². The lowest BCUT2D eigenvalue weighted by atomic mass is 9.95. The molecule has 0 aliphatic carbocycles. The third-order valence-electron chi connectivity index (χ3n) is 4.38. The van der Waals surface area contributed by atoms with Crippen molar-refractivity contribution in [1.82, 2.24) is 4.90 Å². The minimum atomic E-state index is -0.909. The summed E-state index contributed by atoms with van der Waals surface area (Å²) >= 11 is 5.87. The van der Waals surface area contributed by atoms with Crippen LogP contribution in [-0.4, -0.2) is 34.1 Å². The van der Waals surface area contributed by atoms with E-state index in [-0.39, 0.29) is 11.3 Å². The molecule has 3 rings (SSSR count). The number of likely N-dealkylation sites (tertiary alicyclic amines) is 1. The zero-order chi connectivity index (χ0) is 19.7. The third kappa shape index (κ3) is 3.57. The largest absolute Gasteiger partial charge is 0.507 e. The van der Waals surface area contributed by atoms with Gasteiger partial charge in [-0.3, -0.25) is 14.4 Å². The first-order valence-corrected chi connectivity index (χ1v) is 8.56. The molecule has 0 saturated carbocycles. The maximum absolute atomic E-state index is 12.6. The van der Waals surface area contributed by atoms with E-state index < -0.39 is 30.2 Å². The number of halogens is 1. The monoisotopic (exact) mass is 384 g/mol. The molecule has 1 aliphatic heterocycles. The van der Waals surface area contributed by atoms with Crippen LogP contribution in [0.1, 0.15) is 22.7 Å². The van der Waals surface area contributed by atoms with E-state index in [1.807, 2.05) is 19.1 Å². The van der Waals surface area contributed by atoms with Crippen molar-refractivity contribution in [2.24, 2.45) is 5.73 Å². The Balaban J connectivity index is 2.19. The van der Waals surface area contributed by atoms with Crippen molar-refractivity contribution in [3.05, 3.63) is 75.8 Å². The molecule has 0 bridgehead atoms. The molecule has 138 valence electrons. The smallest absolute Gasteiger partial charge is 0.296 e. The van der Waals surface area contributed by atoms with Crippen molar-refractivity contribution >= 4 is 35.0 Å². The summed E-state index contributed by atoms with van der Waals surface area (Å²) in [6.07, 6.45) is 0. The van der Waals surface area contributed by atoms with Gasteiger partial charge in [0, 0.05) is 10.6 Å². The molecule has 3 N–H and O–H groups in total. The van der Waals surface area contributed by atoms with E-state index in [2.05, 4.69) is 0 Å². The number of hydrogen-bond donors (Lipinski definition) is 2. The third-order valence-corrected chi connectivity index (χ3v) is 4.63. The molecule has 2 amide bonds. The number of aryl methyl sites for hydroxylation is 1. The Morgan fingerprint density at radius 1 is 1.11 bits per heavy atom. The fraction of sp³-hybridized carbons (Fsp3) is 0.150. The Hall–Kier alpha value is -3.12. The van der Waals surface area contributed by atoms with Crippen LogP contribution in [0.4, 0.5) is 0 Å². The van der Waals surface area contributed by atoms with Crippen molar-refractivity contribution in [2.75, 3.05) is 6.54 Å². The summed E-state index contributed by atoms with van der Waals surface area (Å²) in [7, 11) is 0. The zero-order valence-electron chi connectivity index (χ0n) is 14.5. The summed E-state index contributed by atoms with van der Waals surface area (Å²) < 4.78 is 0. The normalized spacial score (nSPS) is 18.7. The van der Waals surface area contributed by atoms with Gasteiger partial charge in [-0.1, -0.05) is 41.4 Å². The minimum absolute atomic E-state index is 0.0903. The van der Waals surface area contributed by atoms with Gasteiger partial charge in [0.05, 0.1) is 11.6 Å². The number of nitrogens with zero attached hydrogens (tertiary/aromatic N) is 1. The van der Waals surface area contributed by atoms with Gasteiger partial charge in [-0.25, -0.2) is 0 Å². The highest BCUT2D eigenvalue weighted by atomic mass is 35.5. The molecule has 1 aliphatic rings. The van der Waals surface area contributed by atoms with E-state index >= 15 is 0 Å². The average Bonchev–Trinajstić information content (AvgIpc) is 2.87. The number of Topliss-reactive ketones (excluding diaryl/α,β-unsaturated/α-hetero) is 1. The van der Waals surface area contributed by atoms with Gasteiger partial charge in [0.25, 0.3) is 11.7 Å². The summed E-state index contributed by atoms with van der Waals surface area (Å²) in [5.41, 5.74) is 7.09. The van der Waals surface area contributed by atoms with Crippen molar-refractivity contribution in [1.29, 1.82) is 0 Å². The molecular formula is C20H17ClN2O4. The summed E-state index contributed by atoms with van der Waals surface area (Å²) in [5, 5.41) is 11.2. The molecule has 1 unspecified atom stereocenters. The quantitative estimate of drug-likeness (QED) is 0.480. The summed E-state index contributed by atoms with van der Waals surface area (Å²) in [6.45, 7) is 1.47. The van der Waals surface area contributed by atoms with Crippen LogP contribution < -0.4 is 5.73 Å². The number of rotatable bonds is 4. The topological polar surface area (TPSA) is 101 Å². The Bertz CT molecular complexity index is 949. The lowest BCUT2D eigenvalue weighted by molar-refractivity contribution is -0.141. The second kappa shape index (κ2) is 7.25. The van der Waals surface area contributed by atoms with Crippen LogP contribution >= 0.6 is 11.6 Å². The van der Waals surface area contributed by atoms with E-state index in [0.717, 1.165) is 10.5 Å². The van der Waals surface area contributed by atoms with Crippen molar-refractivity contribution in [2.45, 2.75) is 13.0 Å². The first kappa shape index (κ1) is 18.7. The van der Waals surface area contributed by atoms with Gasteiger partial charge < -0.3 is 15.7 Å². The van der Waals surface area contributed by atoms with E-state index in [9.17, 15) is 19.5 Å². The first-order chi connectivity index (χ1) is 12.8. The standard InChI is InChI=1S/C20H17ClN2O4/c1-11-2-4-12(5-3-11)17-16(18(25)13-6-8-14(21)9-7-13)19(26)20(27)23(17)10-15(22)24/h2-9,17,25H,10H2,1H3,(H2,22,24)/b18-16+. The number of ketones is 1. The summed E-state index contributed by atoms with van der Waals surface area (Å²) in [4.78, 5) is 37.7. The van der Waals surface area contributed by atoms with Crippen LogP contribution in [-0.2, 0) is 14.4 Å². The van der Waals surface area contributed by atoms with E-state index in [1.54, 1.807) is 36.4 Å². The molecule has 0 radical (unpaired) electrons. The second-order valence-electron chi connectivity index (χ2n) is 6.31. The SMILES string of the molecule is Cc1ccc(C2/C(=C(\O)c3ccc(Cl)cc3)C(=O)C(=O)N2CC(N)=O)cc1. The number of nitrogens with two attached hydrogens (primary N) is 1. The molecular weight excluding hydrogens is 368 g/mol. The molecule has 0 aromatic heterocycles. The first-order valence-electron chi connectivity index (χ1n) is 8.19. The van der Waals surface area contributed by atoms with Crippen molar-refractivity contribution < 1.29 is 19.5 Å². The summed E-state index contributed by atoms with van der Waals surface area (Å²) in [5.74, 6) is -2.83. The van der Waals surface area contributed by atoms with Gasteiger partial charge in [-0.15, -0.1) is 0 Å². The van der Waals surface area contributed by atoms with Crippen LogP contribution in [0.25, 0.3) is 5.76 Å². The predicted octanol–water partition coefficient (Wildman–Crippen LogP) is 2.56. The maximum atomic E-state index is 12.6. The van der Waals surface area contributed by atoms with Gasteiger partial charge in [0.2, 0.25) is 5.91 Å². The average molecular weight is 385 g/mol. The highest BCUT2D eigenvalue weighted by Gasteiger charge is 2.46. The Morgan fingerprint density at radius 3 is 2.26 bits per heavy atom. The maximum Gasteiger partial charge on any atom is 0.296 e. The predicted molar refractivity (Wildman–Crippen MR) is 101 cm³/mol. The van der Waals surface area contributed by atoms with Gasteiger partial charge in [0.1, 0.15) is 12.3 Å². The number of amides is 2.